The summed E-state index contributed by atoms with van der Waals surface area (Å²) in [6.45, 7) is 5.82. The molecule has 4 rings (SSSR count). The van der Waals surface area contributed by atoms with Crippen molar-refractivity contribution in [1.29, 1.82) is 0 Å². The molecular formula is C22H26N4O5S. The minimum atomic E-state index is -0.649. The molecule has 2 heterocycles. The van der Waals surface area contributed by atoms with Crippen molar-refractivity contribution < 1.29 is 14.5 Å². The van der Waals surface area contributed by atoms with Gasteiger partial charge >= 0.3 is 6.09 Å². The summed E-state index contributed by atoms with van der Waals surface area (Å²) in [5.74, 6) is 0. The van der Waals surface area contributed by atoms with E-state index in [4.69, 9.17) is 9.72 Å². The lowest BCUT2D eigenvalue weighted by Gasteiger charge is -2.31. The van der Waals surface area contributed by atoms with E-state index in [1.165, 1.54) is 27.3 Å². The van der Waals surface area contributed by atoms with Crippen LogP contribution >= 0.6 is 11.8 Å². The number of nitrogens with zero attached hydrogens (tertiary/aromatic N) is 4. The van der Waals surface area contributed by atoms with E-state index in [1.807, 2.05) is 0 Å². The van der Waals surface area contributed by atoms with Gasteiger partial charge in [-0.3, -0.25) is 14.9 Å². The summed E-state index contributed by atoms with van der Waals surface area (Å²) in [5, 5.41) is 12.5. The lowest BCUT2D eigenvalue weighted by atomic mass is 10.0. The zero-order chi connectivity index (χ0) is 23.0. The Morgan fingerprint density at radius 1 is 1.28 bits per heavy atom. The number of hydrogen-bond acceptors (Lipinski definition) is 7. The molecule has 1 saturated carbocycles. The standard InChI is InChI=1S/C22H26N4O5S/c1-22(2,3)31-21(28)24-12-11-16-15(13-24)19(27)25(20(23-16)32-14-7-6-8-14)17-9-4-5-10-18(17)26(29)30/h4-5,9-10,14H,6-8,11-13H2,1-3H3. The summed E-state index contributed by atoms with van der Waals surface area (Å²) in [4.78, 5) is 43.7. The molecular weight excluding hydrogens is 432 g/mol. The van der Waals surface area contributed by atoms with Gasteiger partial charge in [0.25, 0.3) is 11.2 Å². The van der Waals surface area contributed by atoms with Crippen LogP contribution in [0.2, 0.25) is 0 Å². The summed E-state index contributed by atoms with van der Waals surface area (Å²) in [6.07, 6.45) is 3.12. The van der Waals surface area contributed by atoms with Crippen molar-refractivity contribution in [3.8, 4) is 5.69 Å². The van der Waals surface area contributed by atoms with Crippen molar-refractivity contribution in [1.82, 2.24) is 14.5 Å². The van der Waals surface area contributed by atoms with Gasteiger partial charge in [0.05, 0.1) is 22.7 Å². The number of thioether (sulfide) groups is 1. The summed E-state index contributed by atoms with van der Waals surface area (Å²) >= 11 is 1.50. The van der Waals surface area contributed by atoms with Gasteiger partial charge < -0.3 is 9.64 Å². The lowest BCUT2D eigenvalue weighted by Crippen LogP contribution is -2.43. The molecule has 0 saturated heterocycles. The average molecular weight is 459 g/mol. The molecule has 9 nitrogen and oxygen atoms in total. The smallest absolute Gasteiger partial charge is 0.410 e. The van der Waals surface area contributed by atoms with Crippen LogP contribution in [0.5, 0.6) is 0 Å². The molecule has 1 aliphatic heterocycles. The largest absolute Gasteiger partial charge is 0.444 e. The van der Waals surface area contributed by atoms with Crippen LogP contribution in [0, 0.1) is 10.1 Å². The highest BCUT2D eigenvalue weighted by Crippen LogP contribution is 2.37. The number of benzene rings is 1. The van der Waals surface area contributed by atoms with E-state index in [2.05, 4.69) is 0 Å². The van der Waals surface area contributed by atoms with Crippen LogP contribution < -0.4 is 5.56 Å². The van der Waals surface area contributed by atoms with Gasteiger partial charge in [0, 0.05) is 24.3 Å². The van der Waals surface area contributed by atoms with Gasteiger partial charge in [-0.15, -0.1) is 0 Å². The number of aromatic nitrogens is 2. The third kappa shape index (κ3) is 4.50. The van der Waals surface area contributed by atoms with Gasteiger partial charge in [0.1, 0.15) is 11.3 Å². The zero-order valence-corrected chi connectivity index (χ0v) is 19.2. The van der Waals surface area contributed by atoms with Gasteiger partial charge in [-0.05, 0) is 39.7 Å². The molecule has 2 aliphatic rings. The number of amides is 1. The first-order chi connectivity index (χ1) is 15.1. The van der Waals surface area contributed by atoms with Crippen LogP contribution in [0.25, 0.3) is 5.69 Å². The number of para-hydroxylation sites is 2. The van der Waals surface area contributed by atoms with Crippen LogP contribution in [0.1, 0.15) is 51.3 Å². The zero-order valence-electron chi connectivity index (χ0n) is 18.4. The maximum absolute atomic E-state index is 13.7. The first-order valence-electron chi connectivity index (χ1n) is 10.7. The molecule has 0 bridgehead atoms. The van der Waals surface area contributed by atoms with Crippen molar-refractivity contribution in [2.45, 2.75) is 69.0 Å². The molecule has 170 valence electrons. The number of nitro groups is 1. The fraction of sp³-hybridized carbons (Fsp3) is 0.500. The Hall–Kier alpha value is -2.88. The van der Waals surface area contributed by atoms with E-state index >= 15 is 0 Å². The molecule has 2 aromatic rings. The van der Waals surface area contributed by atoms with Crippen LogP contribution in [0.15, 0.2) is 34.2 Å². The molecule has 1 aromatic heterocycles. The number of hydrogen-bond donors (Lipinski definition) is 0. The number of ether oxygens (including phenoxy) is 1. The molecule has 0 N–H and O–H groups in total. The Morgan fingerprint density at radius 2 is 2.00 bits per heavy atom. The molecule has 0 atom stereocenters. The number of nitro benzene ring substituents is 1. The minimum absolute atomic E-state index is 0.0606. The molecule has 0 radical (unpaired) electrons. The maximum Gasteiger partial charge on any atom is 0.410 e. The third-order valence-corrected chi connectivity index (χ3v) is 6.78. The highest BCUT2D eigenvalue weighted by molar-refractivity contribution is 7.99. The highest BCUT2D eigenvalue weighted by atomic mass is 32.2. The van der Waals surface area contributed by atoms with Crippen LogP contribution in [0.4, 0.5) is 10.5 Å². The van der Waals surface area contributed by atoms with Crippen molar-refractivity contribution >= 4 is 23.5 Å². The third-order valence-electron chi connectivity index (χ3n) is 5.49. The van der Waals surface area contributed by atoms with Gasteiger partial charge in [-0.1, -0.05) is 30.3 Å². The van der Waals surface area contributed by atoms with E-state index in [0.29, 0.717) is 34.6 Å². The maximum atomic E-state index is 13.7. The quantitative estimate of drug-likeness (QED) is 0.386. The van der Waals surface area contributed by atoms with E-state index in [-0.39, 0.29) is 23.5 Å². The second-order valence-corrected chi connectivity index (χ2v) is 10.3. The van der Waals surface area contributed by atoms with Crippen LogP contribution in [0.3, 0.4) is 0 Å². The Kier molecular flexibility index (Phi) is 5.98. The van der Waals surface area contributed by atoms with Crippen LogP contribution in [-0.4, -0.2) is 42.9 Å². The predicted octanol–water partition coefficient (Wildman–Crippen LogP) is 4.08. The number of fused-ring (bicyclic) bond motifs is 1. The summed E-state index contributed by atoms with van der Waals surface area (Å²) in [6, 6.07) is 6.18. The average Bonchev–Trinajstić information content (AvgIpc) is 2.69. The predicted molar refractivity (Wildman–Crippen MR) is 120 cm³/mol. The van der Waals surface area contributed by atoms with Crippen molar-refractivity contribution in [2.75, 3.05) is 6.54 Å². The monoisotopic (exact) mass is 458 g/mol. The lowest BCUT2D eigenvalue weighted by molar-refractivity contribution is -0.384. The summed E-state index contributed by atoms with van der Waals surface area (Å²) in [5.41, 5.74) is 0.0219. The molecule has 0 unspecified atom stereocenters. The first kappa shape index (κ1) is 22.3. The Balaban J connectivity index is 1.79. The van der Waals surface area contributed by atoms with Gasteiger partial charge in [0.2, 0.25) is 0 Å². The number of rotatable bonds is 4. The molecule has 1 amide bonds. The molecule has 10 heteroatoms. The Labute approximate surface area is 189 Å². The fourth-order valence-corrected chi connectivity index (χ4v) is 4.99. The van der Waals surface area contributed by atoms with E-state index in [1.54, 1.807) is 39.0 Å². The normalized spacial score (nSPS) is 16.3. The summed E-state index contributed by atoms with van der Waals surface area (Å²) in [7, 11) is 0. The Bertz CT molecular complexity index is 1120. The van der Waals surface area contributed by atoms with E-state index < -0.39 is 16.6 Å². The second kappa shape index (κ2) is 8.57. The van der Waals surface area contributed by atoms with Gasteiger partial charge in [0.15, 0.2) is 5.16 Å². The minimum Gasteiger partial charge on any atom is -0.444 e. The van der Waals surface area contributed by atoms with Crippen molar-refractivity contribution in [2.24, 2.45) is 0 Å². The molecule has 1 aliphatic carbocycles. The summed E-state index contributed by atoms with van der Waals surface area (Å²) < 4.78 is 6.81. The topological polar surface area (TPSA) is 108 Å². The number of carbonyl (C=O) groups excluding carboxylic acids is 1. The SMILES string of the molecule is CC(C)(C)OC(=O)N1CCc2nc(SC3CCC3)n(-c3ccccc3[N+](=O)[O-])c(=O)c2C1. The molecule has 32 heavy (non-hydrogen) atoms. The van der Waals surface area contributed by atoms with Crippen LogP contribution in [-0.2, 0) is 17.7 Å². The van der Waals surface area contributed by atoms with Crippen molar-refractivity contribution in [3.05, 3.63) is 56.0 Å². The first-order valence-corrected chi connectivity index (χ1v) is 11.5. The molecule has 1 fully saturated rings. The molecule has 1 aromatic carbocycles. The second-order valence-electron chi connectivity index (χ2n) is 9.03. The highest BCUT2D eigenvalue weighted by Gasteiger charge is 2.32. The number of carbonyl (C=O) groups is 1. The van der Waals surface area contributed by atoms with Crippen molar-refractivity contribution in [3.63, 3.8) is 0 Å². The fourth-order valence-electron chi connectivity index (χ4n) is 3.67. The van der Waals surface area contributed by atoms with E-state index in [0.717, 1.165) is 19.3 Å². The molecule has 0 spiro atoms. The Morgan fingerprint density at radius 3 is 2.62 bits per heavy atom. The van der Waals surface area contributed by atoms with Gasteiger partial charge in [-0.25, -0.2) is 14.3 Å². The van der Waals surface area contributed by atoms with E-state index in [9.17, 15) is 19.7 Å². The van der Waals surface area contributed by atoms with Gasteiger partial charge in [-0.2, -0.15) is 0 Å².